The average molecular weight is 1020 g/mol. The van der Waals surface area contributed by atoms with Gasteiger partial charge in [-0.25, -0.2) is 59.0 Å². The summed E-state index contributed by atoms with van der Waals surface area (Å²) in [7, 11) is 0. The van der Waals surface area contributed by atoms with Crippen molar-refractivity contribution in [2.75, 3.05) is 45.2 Å². The minimum atomic E-state index is -0.444. The Bertz CT molecular complexity index is 2570. The predicted octanol–water partition coefficient (Wildman–Crippen LogP) is 9.26. The number of aromatic nitrogens is 9. The second-order valence-corrected chi connectivity index (χ2v) is 18.6. The number of benzene rings is 3. The van der Waals surface area contributed by atoms with E-state index in [1.807, 2.05) is 153 Å². The minimum Gasteiger partial charge on any atom is -0.447 e. The molecule has 0 aliphatic carbocycles. The van der Waals surface area contributed by atoms with Crippen molar-refractivity contribution in [1.29, 1.82) is 0 Å². The Morgan fingerprint density at radius 3 is 1.10 bits per heavy atom. The largest absolute Gasteiger partial charge is 0.447 e. The third-order valence-electron chi connectivity index (χ3n) is 11.9. The summed E-state index contributed by atoms with van der Waals surface area (Å²) < 4.78 is 15.3. The zero-order chi connectivity index (χ0) is 52.6. The molecule has 3 aliphatic heterocycles. The predicted molar refractivity (Wildman–Crippen MR) is 278 cm³/mol. The molecule has 6 heterocycles. The highest BCUT2D eigenvalue weighted by atomic mass is 35.5. The van der Waals surface area contributed by atoms with Gasteiger partial charge in [-0.2, -0.15) is 15.0 Å². The molecule has 3 aromatic heterocycles. The number of halogens is 1. The van der Waals surface area contributed by atoms with E-state index in [2.05, 4.69) is 55.5 Å². The topological polar surface area (TPSA) is 255 Å². The van der Waals surface area contributed by atoms with Crippen molar-refractivity contribution in [1.82, 2.24) is 44.9 Å². The summed E-state index contributed by atoms with van der Waals surface area (Å²) in [6, 6.07) is 30.1. The Balaban J connectivity index is 0.000000167. The van der Waals surface area contributed by atoms with E-state index in [1.165, 1.54) is 39.2 Å². The summed E-state index contributed by atoms with van der Waals surface area (Å²) in [5.74, 6) is 2.46. The number of ether oxygens (including phenoxy) is 3. The number of nitrogens with one attached hydrogen (secondary N) is 2. The zero-order valence-electron chi connectivity index (χ0n) is 42.5. The quantitative estimate of drug-likeness (QED) is 0.0911. The van der Waals surface area contributed by atoms with Crippen LogP contribution in [0.25, 0.3) is 0 Å². The van der Waals surface area contributed by atoms with Gasteiger partial charge in [0.25, 0.3) is 0 Å². The Hall–Kier alpha value is -7.65. The van der Waals surface area contributed by atoms with Gasteiger partial charge in [-0.15, -0.1) is 0 Å². The van der Waals surface area contributed by atoms with Crippen molar-refractivity contribution in [3.05, 3.63) is 132 Å². The van der Waals surface area contributed by atoms with Gasteiger partial charge in [0, 0.05) is 6.04 Å². The lowest BCUT2D eigenvalue weighted by molar-refractivity contribution is 0.176. The Kier molecular flexibility index (Phi) is 19.6. The highest BCUT2D eigenvalue weighted by Gasteiger charge is 2.40. The van der Waals surface area contributed by atoms with Crippen molar-refractivity contribution in [2.45, 2.75) is 98.6 Å². The summed E-state index contributed by atoms with van der Waals surface area (Å²) in [6.07, 6.45) is 2.81. The van der Waals surface area contributed by atoms with E-state index in [9.17, 15) is 14.4 Å². The smallest absolute Gasteiger partial charge is 0.417 e. The number of hydrogen-bond acceptors (Lipinski definition) is 18. The van der Waals surface area contributed by atoms with Gasteiger partial charge in [-0.05, 0) is 66.8 Å². The van der Waals surface area contributed by atoms with Crippen LogP contribution < -0.4 is 31.1 Å². The van der Waals surface area contributed by atoms with Crippen LogP contribution in [0.5, 0.6) is 0 Å². The molecule has 386 valence electrons. The van der Waals surface area contributed by atoms with E-state index in [0.29, 0.717) is 43.6 Å². The molecule has 0 saturated carbocycles. The summed E-state index contributed by atoms with van der Waals surface area (Å²) in [5, 5.41) is 6.54. The van der Waals surface area contributed by atoms with Crippen LogP contribution in [0.15, 0.2) is 110 Å². The fraction of sp³-hybridized carbons (Fsp3) is 0.412. The van der Waals surface area contributed by atoms with Crippen LogP contribution in [0.4, 0.5) is 44.1 Å². The normalized spacial score (nSPS) is 18.3. The molecule has 9 rings (SSSR count). The van der Waals surface area contributed by atoms with E-state index in [1.54, 1.807) is 0 Å². The third-order valence-corrected chi connectivity index (χ3v) is 12.1. The lowest BCUT2D eigenvalue weighted by Gasteiger charge is -2.22. The van der Waals surface area contributed by atoms with Crippen LogP contribution in [-0.4, -0.2) is 101 Å². The minimum absolute atomic E-state index is 0.0351. The molecule has 0 radical (unpaired) electrons. The number of cyclic esters (lactones) is 3. The Labute approximate surface area is 430 Å². The molecule has 0 bridgehead atoms. The average Bonchev–Trinajstić information content (AvgIpc) is 4.11. The van der Waals surface area contributed by atoms with E-state index in [4.69, 9.17) is 31.5 Å². The molecule has 3 amide bonds. The molecular weight excluding hydrogens is 954 g/mol. The van der Waals surface area contributed by atoms with Gasteiger partial charge in [0.05, 0.1) is 30.2 Å². The van der Waals surface area contributed by atoms with E-state index >= 15 is 0 Å². The van der Waals surface area contributed by atoms with E-state index < -0.39 is 18.3 Å². The maximum atomic E-state index is 12.0. The van der Waals surface area contributed by atoms with E-state index in [0.717, 1.165) is 11.1 Å². The second-order valence-electron chi connectivity index (χ2n) is 18.3. The number of amides is 3. The number of carbonyl (C=O) groups is 3. The molecule has 0 spiro atoms. The maximum Gasteiger partial charge on any atom is 0.417 e. The first kappa shape index (κ1) is 54.7. The molecule has 1 unspecified atom stereocenters. The van der Waals surface area contributed by atoms with Crippen molar-refractivity contribution >= 4 is 59.6 Å². The maximum absolute atomic E-state index is 12.0. The third kappa shape index (κ3) is 15.0. The van der Waals surface area contributed by atoms with Crippen LogP contribution in [-0.2, 0) is 14.2 Å². The molecule has 6 atom stereocenters. The Morgan fingerprint density at radius 1 is 0.479 bits per heavy atom. The molecule has 22 heteroatoms. The zero-order valence-corrected chi connectivity index (χ0v) is 43.2. The lowest BCUT2D eigenvalue weighted by atomic mass is 10.1. The molecule has 73 heavy (non-hydrogen) atoms. The second kappa shape index (κ2) is 26.2. The Morgan fingerprint density at radius 2 is 0.795 bits per heavy atom. The van der Waals surface area contributed by atoms with Gasteiger partial charge in [-0.3, -0.25) is 0 Å². The number of anilines is 5. The van der Waals surface area contributed by atoms with E-state index in [-0.39, 0.29) is 65.2 Å². The van der Waals surface area contributed by atoms with Crippen LogP contribution in [0.3, 0.4) is 0 Å². The number of nitrogens with two attached hydrogens (primary N) is 1. The van der Waals surface area contributed by atoms with Gasteiger partial charge >= 0.3 is 18.3 Å². The molecule has 3 aromatic carbocycles. The molecule has 4 N–H and O–H groups in total. The monoisotopic (exact) mass is 1020 g/mol. The first-order valence-corrected chi connectivity index (χ1v) is 24.4. The summed E-state index contributed by atoms with van der Waals surface area (Å²) in [6.45, 7) is 19.3. The van der Waals surface area contributed by atoms with Gasteiger partial charge in [0.2, 0.25) is 35.0 Å². The van der Waals surface area contributed by atoms with Crippen LogP contribution in [0.2, 0.25) is 5.28 Å². The number of nitrogens with zero attached hydrogens (tertiary/aromatic N) is 12. The highest BCUT2D eigenvalue weighted by Crippen LogP contribution is 2.28. The summed E-state index contributed by atoms with van der Waals surface area (Å²) in [4.78, 5) is 76.9. The molecule has 6 aromatic rings. The number of hydrogen-bond donors (Lipinski definition) is 3. The fourth-order valence-corrected chi connectivity index (χ4v) is 7.71. The lowest BCUT2D eigenvalue weighted by Crippen LogP contribution is -2.38. The SMILES string of the molecule is CC(C)[C@H]1COC(=O)N1c1ncnc(Cl)n1.CC(C)[C@H]1COC(=O)N1c1ncnc(N[C@@H](C)c2ccccc2)n1.CC(C)[C@H]1COC(=O)N1c1ncnc(N[C@H](C)c2ccccc2)n1.CC(N)c1ccccc1. The molecule has 3 saturated heterocycles. The van der Waals surface area contributed by atoms with Crippen LogP contribution in [0.1, 0.15) is 97.1 Å². The standard InChI is InChI=1S/2C17H21N5O2.C9H11ClN4O2.C8H11N/c2*1-11(2)14-9-24-17(23)22(14)16-19-10-18-15(21-16)20-12(3)13-7-5-4-6-8-13;1-5(2)6-3-16-9(15)14(6)8-12-4-11-7(10)13-8;1-7(9)8-5-3-2-4-6-8/h2*4-8,10-12,14H,9H2,1-3H3,(H,18,19,20,21);4-6H,3H2,1-2H3;2-7H,9H2,1H3/t12-,14+;12-,14-;6-;/m011./s1. The van der Waals surface area contributed by atoms with Crippen LogP contribution >= 0.6 is 11.6 Å². The van der Waals surface area contributed by atoms with Crippen LogP contribution in [0, 0.1) is 17.8 Å². The number of carbonyl (C=O) groups excluding carboxylic acids is 3. The van der Waals surface area contributed by atoms with Crippen molar-refractivity contribution < 1.29 is 28.6 Å². The van der Waals surface area contributed by atoms with Gasteiger partial charge in [-0.1, -0.05) is 133 Å². The van der Waals surface area contributed by atoms with Crippen molar-refractivity contribution in [3.8, 4) is 0 Å². The van der Waals surface area contributed by atoms with Gasteiger partial charge in [0.1, 0.15) is 38.8 Å². The molecule has 3 fully saturated rings. The summed E-state index contributed by atoms with van der Waals surface area (Å²) in [5.41, 5.74) is 9.06. The first-order chi connectivity index (χ1) is 35.0. The highest BCUT2D eigenvalue weighted by molar-refractivity contribution is 6.28. The number of rotatable bonds is 13. The molecule has 3 aliphatic rings. The fourth-order valence-electron chi connectivity index (χ4n) is 7.60. The van der Waals surface area contributed by atoms with Crippen molar-refractivity contribution in [3.63, 3.8) is 0 Å². The first-order valence-electron chi connectivity index (χ1n) is 24.1. The molecule has 21 nitrogen and oxygen atoms in total. The van der Waals surface area contributed by atoms with Gasteiger partial charge < -0.3 is 30.6 Å². The van der Waals surface area contributed by atoms with Crippen molar-refractivity contribution in [2.24, 2.45) is 23.5 Å². The van der Waals surface area contributed by atoms with Gasteiger partial charge in [0.15, 0.2) is 0 Å². The summed E-state index contributed by atoms with van der Waals surface area (Å²) >= 11 is 5.66. The molecular formula is C51H64ClN15O6.